The number of fused-ring (bicyclic) bond motifs is 1. The molecule has 2 heterocycles. The molecule has 2 N–H and O–H groups in total. The van der Waals surface area contributed by atoms with Gasteiger partial charge in [0.25, 0.3) is 5.56 Å². The second-order valence-corrected chi connectivity index (χ2v) is 5.57. The van der Waals surface area contributed by atoms with Crippen LogP contribution in [0.25, 0.3) is 22.3 Å². The Morgan fingerprint density at radius 2 is 2.17 bits per heavy atom. The van der Waals surface area contributed by atoms with Gasteiger partial charge < -0.3 is 14.8 Å². The summed E-state index contributed by atoms with van der Waals surface area (Å²) >= 11 is 0. The molecule has 1 amide bonds. The summed E-state index contributed by atoms with van der Waals surface area (Å²) in [5.74, 6) is 0.487. The minimum atomic E-state index is -0.274. The van der Waals surface area contributed by atoms with Crippen LogP contribution in [-0.4, -0.2) is 27.6 Å². The molecule has 3 aromatic rings. The number of nitrogens with one attached hydrogen (secondary N) is 2. The number of aryl methyl sites for hydroxylation is 2. The normalized spacial score (nSPS) is 10.9. The van der Waals surface area contributed by atoms with Crippen molar-refractivity contribution in [1.29, 1.82) is 0 Å². The number of aromatic nitrogens is 3. The lowest BCUT2D eigenvalue weighted by molar-refractivity contribution is -0.121. The van der Waals surface area contributed by atoms with Crippen molar-refractivity contribution in [2.45, 2.75) is 26.7 Å². The van der Waals surface area contributed by atoms with Crippen LogP contribution in [-0.2, 0) is 11.2 Å². The van der Waals surface area contributed by atoms with E-state index in [4.69, 9.17) is 4.52 Å². The average Bonchev–Trinajstić information content (AvgIpc) is 3.01. The molecule has 7 heteroatoms. The molecule has 0 aliphatic rings. The molecule has 0 fully saturated rings. The van der Waals surface area contributed by atoms with Crippen LogP contribution in [0.1, 0.15) is 24.8 Å². The first-order chi connectivity index (χ1) is 11.6. The summed E-state index contributed by atoms with van der Waals surface area (Å²) in [4.78, 5) is 30.8. The molecular weight excluding hydrogens is 308 g/mol. The van der Waals surface area contributed by atoms with Crippen LogP contribution in [0.4, 0.5) is 0 Å². The number of amides is 1. The van der Waals surface area contributed by atoms with Gasteiger partial charge in [-0.15, -0.1) is 0 Å². The van der Waals surface area contributed by atoms with Gasteiger partial charge in [-0.2, -0.15) is 4.98 Å². The third kappa shape index (κ3) is 3.34. The Balaban J connectivity index is 1.86. The summed E-state index contributed by atoms with van der Waals surface area (Å²) in [5.41, 5.74) is 1.91. The van der Waals surface area contributed by atoms with Gasteiger partial charge in [-0.1, -0.05) is 17.3 Å². The lowest BCUT2D eigenvalue weighted by atomic mass is 10.1. The molecule has 0 bridgehead atoms. The van der Waals surface area contributed by atoms with Gasteiger partial charge in [0.15, 0.2) is 0 Å². The van der Waals surface area contributed by atoms with Crippen molar-refractivity contribution in [2.24, 2.45) is 0 Å². The predicted octanol–water partition coefficient (Wildman–Crippen LogP) is 1.96. The molecule has 1 aromatic carbocycles. The molecular formula is C17H18N4O3. The molecule has 0 aliphatic carbocycles. The average molecular weight is 326 g/mol. The number of benzene rings is 1. The number of aromatic amines is 1. The standard InChI is InChI=1S/C17H18N4O3/c1-3-18-14(22)6-7-15-20-16(21-24-15)12-9-11-5-4-10(2)8-13(11)19-17(12)23/h4-5,8-9H,3,6-7H2,1-2H3,(H,18,22)(H,19,23). The minimum Gasteiger partial charge on any atom is -0.356 e. The maximum Gasteiger partial charge on any atom is 0.259 e. The molecule has 0 saturated carbocycles. The van der Waals surface area contributed by atoms with Crippen LogP contribution in [0.15, 0.2) is 33.6 Å². The Morgan fingerprint density at radius 3 is 2.96 bits per heavy atom. The largest absolute Gasteiger partial charge is 0.356 e. The van der Waals surface area contributed by atoms with Crippen LogP contribution in [0.5, 0.6) is 0 Å². The molecule has 0 atom stereocenters. The van der Waals surface area contributed by atoms with Crippen molar-refractivity contribution in [1.82, 2.24) is 20.4 Å². The SMILES string of the molecule is CCNC(=O)CCc1nc(-c2cc3ccc(C)cc3[nH]c2=O)no1. The first-order valence-electron chi connectivity index (χ1n) is 7.80. The van der Waals surface area contributed by atoms with Crippen LogP contribution < -0.4 is 10.9 Å². The van der Waals surface area contributed by atoms with Crippen LogP contribution in [0, 0.1) is 6.92 Å². The van der Waals surface area contributed by atoms with Crippen molar-refractivity contribution in [2.75, 3.05) is 6.54 Å². The van der Waals surface area contributed by atoms with E-state index in [2.05, 4.69) is 20.4 Å². The van der Waals surface area contributed by atoms with Crippen molar-refractivity contribution in [3.8, 4) is 11.4 Å². The lowest BCUT2D eigenvalue weighted by Gasteiger charge is -2.01. The van der Waals surface area contributed by atoms with E-state index in [1.165, 1.54) is 0 Å². The molecule has 0 radical (unpaired) electrons. The van der Waals surface area contributed by atoms with Crippen LogP contribution in [0.2, 0.25) is 0 Å². The fraction of sp³-hybridized carbons (Fsp3) is 0.294. The van der Waals surface area contributed by atoms with Gasteiger partial charge in [-0.25, -0.2) is 0 Å². The number of carbonyl (C=O) groups is 1. The fourth-order valence-corrected chi connectivity index (χ4v) is 2.45. The summed E-state index contributed by atoms with van der Waals surface area (Å²) < 4.78 is 5.14. The van der Waals surface area contributed by atoms with E-state index < -0.39 is 0 Å². The Bertz CT molecular complexity index is 942. The predicted molar refractivity (Wildman–Crippen MR) is 89.6 cm³/mol. The number of nitrogens with zero attached hydrogens (tertiary/aromatic N) is 2. The van der Waals surface area contributed by atoms with E-state index in [1.807, 2.05) is 32.0 Å². The lowest BCUT2D eigenvalue weighted by Crippen LogP contribution is -2.22. The van der Waals surface area contributed by atoms with Crippen molar-refractivity contribution in [3.05, 3.63) is 46.1 Å². The Labute approximate surface area is 138 Å². The van der Waals surface area contributed by atoms with Crippen LogP contribution in [0.3, 0.4) is 0 Å². The fourth-order valence-electron chi connectivity index (χ4n) is 2.45. The van der Waals surface area contributed by atoms with Gasteiger partial charge in [0, 0.05) is 24.9 Å². The van der Waals surface area contributed by atoms with E-state index >= 15 is 0 Å². The summed E-state index contributed by atoms with van der Waals surface area (Å²) in [5, 5.41) is 7.45. The maximum atomic E-state index is 12.3. The van der Waals surface area contributed by atoms with Gasteiger partial charge in [0.05, 0.1) is 5.56 Å². The smallest absolute Gasteiger partial charge is 0.259 e. The molecule has 0 aliphatic heterocycles. The summed E-state index contributed by atoms with van der Waals surface area (Å²) in [7, 11) is 0. The monoisotopic (exact) mass is 326 g/mol. The number of carbonyl (C=O) groups excluding carboxylic acids is 1. The third-order valence-corrected chi connectivity index (χ3v) is 3.65. The van der Waals surface area contributed by atoms with Crippen LogP contribution >= 0.6 is 0 Å². The Morgan fingerprint density at radius 1 is 1.33 bits per heavy atom. The second kappa shape index (κ2) is 6.66. The van der Waals surface area contributed by atoms with Gasteiger partial charge in [-0.05, 0) is 36.9 Å². The van der Waals surface area contributed by atoms with Gasteiger partial charge in [0.1, 0.15) is 0 Å². The molecule has 0 unspecified atom stereocenters. The highest BCUT2D eigenvalue weighted by Gasteiger charge is 2.14. The molecule has 3 rings (SSSR count). The summed E-state index contributed by atoms with van der Waals surface area (Å²) in [6, 6.07) is 7.55. The first-order valence-corrected chi connectivity index (χ1v) is 7.80. The van der Waals surface area contributed by atoms with E-state index in [0.29, 0.717) is 24.4 Å². The van der Waals surface area contributed by atoms with Gasteiger partial charge in [-0.3, -0.25) is 9.59 Å². The summed E-state index contributed by atoms with van der Waals surface area (Å²) in [6.45, 7) is 4.40. The van der Waals surface area contributed by atoms with E-state index in [9.17, 15) is 9.59 Å². The summed E-state index contributed by atoms with van der Waals surface area (Å²) in [6.07, 6.45) is 0.604. The number of pyridine rings is 1. The number of hydrogen-bond acceptors (Lipinski definition) is 5. The van der Waals surface area contributed by atoms with Gasteiger partial charge >= 0.3 is 0 Å². The maximum absolute atomic E-state index is 12.3. The zero-order chi connectivity index (χ0) is 17.1. The Hall–Kier alpha value is -2.96. The molecule has 2 aromatic heterocycles. The van der Waals surface area contributed by atoms with Crippen molar-refractivity contribution >= 4 is 16.8 Å². The van der Waals surface area contributed by atoms with E-state index in [1.54, 1.807) is 6.07 Å². The molecule has 0 saturated heterocycles. The number of rotatable bonds is 5. The highest BCUT2D eigenvalue weighted by molar-refractivity contribution is 5.82. The van der Waals surface area contributed by atoms with Crippen molar-refractivity contribution < 1.29 is 9.32 Å². The highest BCUT2D eigenvalue weighted by atomic mass is 16.5. The third-order valence-electron chi connectivity index (χ3n) is 3.65. The zero-order valence-electron chi connectivity index (χ0n) is 13.5. The second-order valence-electron chi connectivity index (χ2n) is 5.57. The zero-order valence-corrected chi connectivity index (χ0v) is 13.5. The number of hydrogen-bond donors (Lipinski definition) is 2. The Kier molecular flexibility index (Phi) is 4.41. The first kappa shape index (κ1) is 15.9. The van der Waals surface area contributed by atoms with E-state index in [0.717, 1.165) is 16.5 Å². The molecule has 24 heavy (non-hydrogen) atoms. The number of H-pyrrole nitrogens is 1. The van der Waals surface area contributed by atoms with E-state index in [-0.39, 0.29) is 23.7 Å². The molecule has 124 valence electrons. The molecule has 7 nitrogen and oxygen atoms in total. The molecule has 0 spiro atoms. The topological polar surface area (TPSA) is 101 Å². The van der Waals surface area contributed by atoms with Gasteiger partial charge in [0.2, 0.25) is 17.6 Å². The highest BCUT2D eigenvalue weighted by Crippen LogP contribution is 2.18. The minimum absolute atomic E-state index is 0.0730. The quantitative estimate of drug-likeness (QED) is 0.746. The van der Waals surface area contributed by atoms with Crippen molar-refractivity contribution in [3.63, 3.8) is 0 Å².